The number of sulfonamides is 1. The number of methoxy groups -OCH3 is 1. The summed E-state index contributed by atoms with van der Waals surface area (Å²) < 4.78 is 33.3. The van der Waals surface area contributed by atoms with E-state index in [9.17, 15) is 13.2 Å². The van der Waals surface area contributed by atoms with Crippen molar-refractivity contribution in [3.63, 3.8) is 0 Å². The number of hydrogen-bond donors (Lipinski definition) is 2. The van der Waals surface area contributed by atoms with Gasteiger partial charge in [-0.1, -0.05) is 13.8 Å². The number of carbonyl (C=O) groups is 1. The predicted octanol–water partition coefficient (Wildman–Crippen LogP) is 1.73. The molecule has 2 atom stereocenters. The molecule has 2 aliphatic heterocycles. The zero-order chi connectivity index (χ0) is 19.6. The Hall–Kier alpha value is -1.35. The third-order valence-corrected chi connectivity index (χ3v) is 7.15. The monoisotopic (exact) mass is 431 g/mol. The van der Waals surface area contributed by atoms with Crippen molar-refractivity contribution in [3.05, 3.63) is 23.8 Å². The molecule has 158 valence electrons. The highest BCUT2D eigenvalue weighted by atomic mass is 35.5. The van der Waals surface area contributed by atoms with Crippen LogP contribution in [-0.4, -0.2) is 58.5 Å². The average Bonchev–Trinajstić information content (AvgIpc) is 2.58. The zero-order valence-electron chi connectivity index (χ0n) is 16.6. The lowest BCUT2D eigenvalue weighted by Crippen LogP contribution is -2.48. The number of nitrogens with zero attached hydrogens (tertiary/aromatic N) is 1. The van der Waals surface area contributed by atoms with Gasteiger partial charge in [0.1, 0.15) is 10.6 Å². The van der Waals surface area contributed by atoms with Crippen LogP contribution in [0.2, 0.25) is 0 Å². The maximum atomic E-state index is 13.3. The summed E-state index contributed by atoms with van der Waals surface area (Å²) in [5.41, 5.74) is 0.333. The molecule has 2 heterocycles. The van der Waals surface area contributed by atoms with Crippen LogP contribution >= 0.6 is 12.4 Å². The Bertz CT molecular complexity index is 788. The van der Waals surface area contributed by atoms with E-state index in [4.69, 9.17) is 4.74 Å². The molecule has 1 amide bonds. The Morgan fingerprint density at radius 3 is 2.43 bits per heavy atom. The van der Waals surface area contributed by atoms with Crippen molar-refractivity contribution in [2.75, 3.05) is 39.8 Å². The molecule has 2 unspecified atom stereocenters. The van der Waals surface area contributed by atoms with Gasteiger partial charge in [0.05, 0.1) is 7.11 Å². The number of carbonyl (C=O) groups excluding carboxylic acids is 1. The van der Waals surface area contributed by atoms with Gasteiger partial charge in [-0.15, -0.1) is 12.4 Å². The molecule has 1 aromatic rings. The average molecular weight is 432 g/mol. The molecule has 0 spiro atoms. The minimum absolute atomic E-state index is 0. The van der Waals surface area contributed by atoms with Crippen LogP contribution in [0, 0.1) is 17.8 Å². The van der Waals surface area contributed by atoms with Gasteiger partial charge in [0, 0.05) is 44.2 Å². The topological polar surface area (TPSA) is 87.7 Å². The van der Waals surface area contributed by atoms with Gasteiger partial charge in [-0.25, -0.2) is 8.42 Å². The highest BCUT2D eigenvalue weighted by molar-refractivity contribution is 7.89. The first kappa shape index (κ1) is 22.9. The van der Waals surface area contributed by atoms with E-state index in [1.165, 1.54) is 17.5 Å². The Labute approximate surface area is 173 Å². The maximum Gasteiger partial charge on any atom is 0.251 e. The Morgan fingerprint density at radius 2 is 1.89 bits per heavy atom. The lowest BCUT2D eigenvalue weighted by molar-refractivity contribution is 0.0942. The van der Waals surface area contributed by atoms with Crippen LogP contribution in [0.1, 0.15) is 30.6 Å². The SMILES string of the molecule is COc1ccc(C(=O)NCC2CNC2)cc1S(=O)(=O)N1CC(C)CC(C)C1.Cl. The van der Waals surface area contributed by atoms with Gasteiger partial charge < -0.3 is 15.4 Å². The third-order valence-electron chi connectivity index (χ3n) is 5.30. The van der Waals surface area contributed by atoms with Gasteiger partial charge >= 0.3 is 0 Å². The van der Waals surface area contributed by atoms with Crippen molar-refractivity contribution in [3.8, 4) is 5.75 Å². The summed E-state index contributed by atoms with van der Waals surface area (Å²) in [5.74, 6) is 1.04. The normalized spacial score (nSPS) is 23.4. The van der Waals surface area contributed by atoms with Crippen molar-refractivity contribution in [2.24, 2.45) is 17.8 Å². The second-order valence-electron chi connectivity index (χ2n) is 7.87. The first-order valence-corrected chi connectivity index (χ1v) is 10.9. The van der Waals surface area contributed by atoms with Crippen molar-refractivity contribution in [1.82, 2.24) is 14.9 Å². The lowest BCUT2D eigenvalue weighted by atomic mass is 9.94. The van der Waals surface area contributed by atoms with Crippen molar-refractivity contribution in [2.45, 2.75) is 25.2 Å². The van der Waals surface area contributed by atoms with Crippen LogP contribution in [0.15, 0.2) is 23.1 Å². The summed E-state index contributed by atoms with van der Waals surface area (Å²) in [6, 6.07) is 4.60. The van der Waals surface area contributed by atoms with E-state index in [0.29, 0.717) is 43.0 Å². The van der Waals surface area contributed by atoms with E-state index in [1.54, 1.807) is 12.1 Å². The highest BCUT2D eigenvalue weighted by Crippen LogP contribution is 2.32. The van der Waals surface area contributed by atoms with E-state index in [-0.39, 0.29) is 29.0 Å². The van der Waals surface area contributed by atoms with E-state index in [1.807, 2.05) is 0 Å². The van der Waals surface area contributed by atoms with Crippen LogP contribution < -0.4 is 15.4 Å². The summed E-state index contributed by atoms with van der Waals surface area (Å²) in [4.78, 5) is 12.5. The molecule has 0 bridgehead atoms. The summed E-state index contributed by atoms with van der Waals surface area (Å²) in [6.45, 7) is 7.48. The van der Waals surface area contributed by atoms with Gasteiger partial charge in [-0.05, 0) is 36.5 Å². The molecule has 1 aromatic carbocycles. The zero-order valence-corrected chi connectivity index (χ0v) is 18.2. The predicted molar refractivity (Wildman–Crippen MR) is 111 cm³/mol. The summed E-state index contributed by atoms with van der Waals surface area (Å²) in [7, 11) is -2.29. The molecular weight excluding hydrogens is 402 g/mol. The number of rotatable bonds is 6. The Morgan fingerprint density at radius 1 is 1.25 bits per heavy atom. The third kappa shape index (κ3) is 4.97. The summed E-state index contributed by atoms with van der Waals surface area (Å²) >= 11 is 0. The van der Waals surface area contributed by atoms with Crippen LogP contribution in [0.4, 0.5) is 0 Å². The number of benzene rings is 1. The molecule has 2 fully saturated rings. The number of hydrogen-bond acceptors (Lipinski definition) is 5. The molecule has 7 nitrogen and oxygen atoms in total. The number of amides is 1. The first-order chi connectivity index (χ1) is 12.8. The van der Waals surface area contributed by atoms with Crippen LogP contribution in [0.3, 0.4) is 0 Å². The molecule has 2 N–H and O–H groups in total. The number of piperidine rings is 1. The fraction of sp³-hybridized carbons (Fsp3) is 0.632. The fourth-order valence-corrected chi connectivity index (χ4v) is 5.65. The van der Waals surface area contributed by atoms with Gasteiger partial charge in [0.2, 0.25) is 10.0 Å². The van der Waals surface area contributed by atoms with E-state index >= 15 is 0 Å². The smallest absolute Gasteiger partial charge is 0.251 e. The maximum absolute atomic E-state index is 13.3. The highest BCUT2D eigenvalue weighted by Gasteiger charge is 2.34. The number of halogens is 1. The lowest BCUT2D eigenvalue weighted by Gasteiger charge is -2.34. The molecule has 3 rings (SSSR count). The number of ether oxygens (including phenoxy) is 1. The molecular formula is C19H30ClN3O4S. The van der Waals surface area contributed by atoms with Crippen LogP contribution in [0.25, 0.3) is 0 Å². The van der Waals surface area contributed by atoms with Gasteiger partial charge in [0.15, 0.2) is 0 Å². The van der Waals surface area contributed by atoms with Crippen molar-refractivity contribution in [1.29, 1.82) is 0 Å². The number of nitrogens with one attached hydrogen (secondary N) is 2. The standard InChI is InChI=1S/C19H29N3O4S.ClH/c1-13-6-14(2)12-22(11-13)27(24,25)18-7-16(4-5-17(18)26-3)19(23)21-10-15-8-20-9-15;/h4-5,7,13-15,20H,6,8-12H2,1-3H3,(H,21,23);1H. The molecule has 9 heteroatoms. The minimum Gasteiger partial charge on any atom is -0.495 e. The van der Waals surface area contributed by atoms with E-state index in [0.717, 1.165) is 19.5 Å². The summed E-state index contributed by atoms with van der Waals surface area (Å²) in [5, 5.41) is 6.04. The molecule has 0 saturated carbocycles. The molecule has 0 aromatic heterocycles. The second kappa shape index (κ2) is 9.43. The van der Waals surface area contributed by atoms with Gasteiger partial charge in [-0.2, -0.15) is 4.31 Å². The van der Waals surface area contributed by atoms with Gasteiger partial charge in [0.25, 0.3) is 5.91 Å². The van der Waals surface area contributed by atoms with Gasteiger partial charge in [-0.3, -0.25) is 4.79 Å². The molecule has 2 aliphatic rings. The molecule has 2 saturated heterocycles. The largest absolute Gasteiger partial charge is 0.495 e. The molecule has 28 heavy (non-hydrogen) atoms. The van der Waals surface area contributed by atoms with E-state index in [2.05, 4.69) is 24.5 Å². The minimum atomic E-state index is -3.73. The Kier molecular flexibility index (Phi) is 7.73. The van der Waals surface area contributed by atoms with E-state index < -0.39 is 10.0 Å². The second-order valence-corrected chi connectivity index (χ2v) is 9.77. The quantitative estimate of drug-likeness (QED) is 0.716. The van der Waals surface area contributed by atoms with Crippen molar-refractivity contribution < 1.29 is 17.9 Å². The van der Waals surface area contributed by atoms with Crippen LogP contribution in [0.5, 0.6) is 5.75 Å². The fourth-order valence-electron chi connectivity index (χ4n) is 3.79. The molecule has 0 radical (unpaired) electrons. The van der Waals surface area contributed by atoms with Crippen LogP contribution in [-0.2, 0) is 10.0 Å². The molecule has 0 aliphatic carbocycles. The summed E-state index contributed by atoms with van der Waals surface area (Å²) in [6.07, 6.45) is 1.02. The van der Waals surface area contributed by atoms with Crippen molar-refractivity contribution >= 4 is 28.3 Å². The Balaban J connectivity index is 0.00000280. The first-order valence-electron chi connectivity index (χ1n) is 9.48.